The van der Waals surface area contributed by atoms with Crippen molar-refractivity contribution in [2.45, 2.75) is 32.7 Å². The van der Waals surface area contributed by atoms with Crippen LogP contribution in [0.1, 0.15) is 23.1 Å². The molecule has 1 fully saturated rings. The molecule has 0 bridgehead atoms. The molecule has 0 unspecified atom stereocenters. The van der Waals surface area contributed by atoms with Crippen LogP contribution in [-0.2, 0) is 26.2 Å². The van der Waals surface area contributed by atoms with Crippen LogP contribution in [0.3, 0.4) is 0 Å². The summed E-state index contributed by atoms with van der Waals surface area (Å²) in [5, 5.41) is 11.6. The Balaban J connectivity index is 1.32. The molecule has 0 radical (unpaired) electrons. The molecular formula is C30H35ClN4O. The van der Waals surface area contributed by atoms with Gasteiger partial charge >= 0.3 is 0 Å². The predicted molar refractivity (Wildman–Crippen MR) is 149 cm³/mol. The Morgan fingerprint density at radius 1 is 0.833 bits per heavy atom. The first-order valence-corrected chi connectivity index (χ1v) is 13.2. The highest BCUT2D eigenvalue weighted by atomic mass is 35.5. The minimum Gasteiger partial charge on any atom is -0.392 e. The first-order valence-electron chi connectivity index (χ1n) is 12.8. The standard InChI is InChI=1S/C30H35ClN4O/c31-29-5-2-1-4-26(29)20-34-16-14-33(15-17-34)19-24-8-11-30-27(18-24)28(21-35(30)13-3-12-32)25-9-6-23(22-36)7-10-25/h1-2,4-11,18,21,36H,3,12-17,19-20,22,32H2. The summed E-state index contributed by atoms with van der Waals surface area (Å²) in [5.41, 5.74) is 12.9. The van der Waals surface area contributed by atoms with E-state index in [1.54, 1.807) is 0 Å². The van der Waals surface area contributed by atoms with Gasteiger partial charge in [-0.25, -0.2) is 0 Å². The number of piperazine rings is 1. The molecule has 0 amide bonds. The lowest BCUT2D eigenvalue weighted by molar-refractivity contribution is 0.122. The van der Waals surface area contributed by atoms with E-state index in [9.17, 15) is 5.11 Å². The molecule has 0 saturated carbocycles. The van der Waals surface area contributed by atoms with Crippen molar-refractivity contribution in [3.8, 4) is 11.1 Å². The Bertz CT molecular complexity index is 1290. The summed E-state index contributed by atoms with van der Waals surface area (Å²) in [6, 6.07) is 23.3. The highest BCUT2D eigenvalue weighted by Crippen LogP contribution is 2.32. The van der Waals surface area contributed by atoms with Crippen LogP contribution >= 0.6 is 11.6 Å². The van der Waals surface area contributed by atoms with Gasteiger partial charge in [0.05, 0.1) is 6.61 Å². The number of hydrogen-bond acceptors (Lipinski definition) is 4. The highest BCUT2D eigenvalue weighted by molar-refractivity contribution is 6.31. The minimum absolute atomic E-state index is 0.0638. The second-order valence-electron chi connectivity index (χ2n) is 9.73. The number of aliphatic hydroxyl groups excluding tert-OH is 1. The molecule has 0 aliphatic carbocycles. The molecule has 0 spiro atoms. The number of nitrogens with zero attached hydrogens (tertiary/aromatic N) is 3. The Hall–Kier alpha value is -2.67. The average molecular weight is 503 g/mol. The maximum absolute atomic E-state index is 9.44. The van der Waals surface area contributed by atoms with Gasteiger partial charge in [0.25, 0.3) is 0 Å². The quantitative estimate of drug-likeness (QED) is 0.333. The fraction of sp³-hybridized carbons (Fsp3) is 0.333. The minimum atomic E-state index is 0.0638. The molecule has 3 aromatic carbocycles. The third kappa shape index (κ3) is 5.66. The van der Waals surface area contributed by atoms with E-state index in [4.69, 9.17) is 17.3 Å². The number of rotatable bonds is 9. The summed E-state index contributed by atoms with van der Waals surface area (Å²) in [4.78, 5) is 5.04. The van der Waals surface area contributed by atoms with Gasteiger partial charge in [-0.3, -0.25) is 9.80 Å². The normalized spacial score (nSPS) is 15.1. The van der Waals surface area contributed by atoms with Crippen LogP contribution in [0, 0.1) is 0 Å². The van der Waals surface area contributed by atoms with Gasteiger partial charge in [-0.1, -0.05) is 60.1 Å². The Kier molecular flexibility index (Phi) is 8.05. The molecule has 1 aromatic heterocycles. The van der Waals surface area contributed by atoms with Crippen LogP contribution in [0.15, 0.2) is 72.9 Å². The molecule has 1 saturated heterocycles. The van der Waals surface area contributed by atoms with Crippen LogP contribution in [0.25, 0.3) is 22.0 Å². The fourth-order valence-electron chi connectivity index (χ4n) is 5.14. The van der Waals surface area contributed by atoms with E-state index in [2.05, 4.69) is 63.0 Å². The lowest BCUT2D eigenvalue weighted by Crippen LogP contribution is -2.45. The van der Waals surface area contributed by atoms with E-state index in [0.717, 1.165) is 62.8 Å². The maximum atomic E-state index is 9.44. The fourth-order valence-corrected chi connectivity index (χ4v) is 5.34. The number of hydrogen-bond donors (Lipinski definition) is 2. The summed E-state index contributed by atoms with van der Waals surface area (Å²) in [5.74, 6) is 0. The van der Waals surface area contributed by atoms with Crippen molar-refractivity contribution in [2.75, 3.05) is 32.7 Å². The van der Waals surface area contributed by atoms with Crippen LogP contribution < -0.4 is 5.73 Å². The van der Waals surface area contributed by atoms with Crippen LogP contribution in [-0.4, -0.2) is 52.2 Å². The zero-order chi connectivity index (χ0) is 24.9. The average Bonchev–Trinajstić information content (AvgIpc) is 3.27. The SMILES string of the molecule is NCCCn1cc(-c2ccc(CO)cc2)c2cc(CN3CCN(Cc4ccccc4Cl)CC3)ccc21. The van der Waals surface area contributed by atoms with Crippen molar-refractivity contribution >= 4 is 22.5 Å². The molecular weight excluding hydrogens is 468 g/mol. The first-order chi connectivity index (χ1) is 17.6. The van der Waals surface area contributed by atoms with Crippen molar-refractivity contribution in [1.82, 2.24) is 14.4 Å². The second-order valence-corrected chi connectivity index (χ2v) is 10.1. The van der Waals surface area contributed by atoms with Crippen LogP contribution in [0.4, 0.5) is 0 Å². The molecule has 188 valence electrons. The molecule has 3 N–H and O–H groups in total. The van der Waals surface area contributed by atoms with Crippen LogP contribution in [0.5, 0.6) is 0 Å². The molecule has 1 aliphatic heterocycles. The third-order valence-corrected chi connectivity index (χ3v) is 7.59. The second kappa shape index (κ2) is 11.6. The van der Waals surface area contributed by atoms with Crippen molar-refractivity contribution in [3.05, 3.63) is 94.6 Å². The first kappa shape index (κ1) is 25.0. The number of aliphatic hydroxyl groups is 1. The molecule has 4 aromatic rings. The van der Waals surface area contributed by atoms with E-state index in [1.165, 1.54) is 33.2 Å². The van der Waals surface area contributed by atoms with Crippen molar-refractivity contribution in [2.24, 2.45) is 5.73 Å². The summed E-state index contributed by atoms with van der Waals surface area (Å²) in [6.07, 6.45) is 3.21. The summed E-state index contributed by atoms with van der Waals surface area (Å²) >= 11 is 6.37. The predicted octanol–water partition coefficient (Wildman–Crippen LogP) is 5.12. The molecule has 2 heterocycles. The van der Waals surface area contributed by atoms with Gasteiger partial charge in [-0.2, -0.15) is 0 Å². The Morgan fingerprint density at radius 2 is 1.53 bits per heavy atom. The zero-order valence-corrected chi connectivity index (χ0v) is 21.5. The largest absolute Gasteiger partial charge is 0.392 e. The topological polar surface area (TPSA) is 57.7 Å². The summed E-state index contributed by atoms with van der Waals surface area (Å²) < 4.78 is 2.33. The van der Waals surface area contributed by atoms with E-state index in [0.29, 0.717) is 6.54 Å². The molecule has 6 heteroatoms. The van der Waals surface area contributed by atoms with Gasteiger partial charge in [0.1, 0.15) is 0 Å². The number of nitrogens with two attached hydrogens (primary N) is 1. The van der Waals surface area contributed by atoms with E-state index in [1.807, 2.05) is 24.3 Å². The number of fused-ring (bicyclic) bond motifs is 1. The van der Waals surface area contributed by atoms with Gasteiger partial charge < -0.3 is 15.4 Å². The lowest BCUT2D eigenvalue weighted by Gasteiger charge is -2.35. The van der Waals surface area contributed by atoms with Crippen LogP contribution in [0.2, 0.25) is 5.02 Å². The van der Waals surface area contributed by atoms with Crippen molar-refractivity contribution < 1.29 is 5.11 Å². The maximum Gasteiger partial charge on any atom is 0.0681 e. The molecule has 5 rings (SSSR count). The molecule has 5 nitrogen and oxygen atoms in total. The third-order valence-electron chi connectivity index (χ3n) is 7.22. The van der Waals surface area contributed by atoms with E-state index < -0.39 is 0 Å². The molecule has 36 heavy (non-hydrogen) atoms. The number of aryl methyl sites for hydroxylation is 1. The van der Waals surface area contributed by atoms with Crippen molar-refractivity contribution in [3.63, 3.8) is 0 Å². The lowest BCUT2D eigenvalue weighted by atomic mass is 10.0. The van der Waals surface area contributed by atoms with Crippen molar-refractivity contribution in [1.29, 1.82) is 0 Å². The number of benzene rings is 3. The zero-order valence-electron chi connectivity index (χ0n) is 20.7. The highest BCUT2D eigenvalue weighted by Gasteiger charge is 2.19. The Morgan fingerprint density at radius 3 is 2.22 bits per heavy atom. The summed E-state index contributed by atoms with van der Waals surface area (Å²) in [7, 11) is 0. The van der Waals surface area contributed by atoms with Gasteiger partial charge in [0.15, 0.2) is 0 Å². The summed E-state index contributed by atoms with van der Waals surface area (Å²) in [6.45, 7) is 7.71. The number of aromatic nitrogens is 1. The van der Waals surface area contributed by atoms with Gasteiger partial charge in [0, 0.05) is 73.5 Å². The van der Waals surface area contributed by atoms with E-state index in [-0.39, 0.29) is 6.61 Å². The molecule has 1 aliphatic rings. The Labute approximate surface area is 218 Å². The molecule has 0 atom stereocenters. The monoisotopic (exact) mass is 502 g/mol. The van der Waals surface area contributed by atoms with Gasteiger partial charge in [-0.05, 0) is 53.4 Å². The van der Waals surface area contributed by atoms with Gasteiger partial charge in [0.2, 0.25) is 0 Å². The number of halogens is 1. The smallest absolute Gasteiger partial charge is 0.0681 e. The van der Waals surface area contributed by atoms with E-state index >= 15 is 0 Å². The van der Waals surface area contributed by atoms with Gasteiger partial charge in [-0.15, -0.1) is 0 Å².